The van der Waals surface area contributed by atoms with Gasteiger partial charge in [-0.1, -0.05) is 12.1 Å². The van der Waals surface area contributed by atoms with E-state index in [1.54, 1.807) is 0 Å². The normalized spacial score (nSPS) is 22.0. The Balaban J connectivity index is 1.91. The molecule has 0 aromatic heterocycles. The number of benzene rings is 1. The molecule has 1 aliphatic rings. The van der Waals surface area contributed by atoms with Crippen molar-refractivity contribution in [2.75, 3.05) is 27.2 Å². The number of piperidine rings is 1. The lowest BCUT2D eigenvalue weighted by atomic mass is 10.0. The number of nitrogens with zero attached hydrogens (tertiary/aromatic N) is 2. The van der Waals surface area contributed by atoms with Crippen LogP contribution in [0.5, 0.6) is 0 Å². The number of hydrogen-bond acceptors (Lipinski definition) is 2. The van der Waals surface area contributed by atoms with Gasteiger partial charge in [-0.25, -0.2) is 0 Å². The highest BCUT2D eigenvalue weighted by atomic mass is 127. The summed E-state index contributed by atoms with van der Waals surface area (Å²) in [6.07, 6.45) is 2.67. The van der Waals surface area contributed by atoms with Crippen LogP contribution in [0.2, 0.25) is 0 Å². The fourth-order valence-electron chi connectivity index (χ4n) is 2.51. The minimum atomic E-state index is 0.716. The number of rotatable bonds is 3. The van der Waals surface area contributed by atoms with Gasteiger partial charge >= 0.3 is 0 Å². The maximum absolute atomic E-state index is 2.50. The highest BCUT2D eigenvalue weighted by Gasteiger charge is 2.20. The van der Waals surface area contributed by atoms with E-state index in [9.17, 15) is 0 Å². The van der Waals surface area contributed by atoms with Crippen LogP contribution in [0.25, 0.3) is 0 Å². The van der Waals surface area contributed by atoms with Gasteiger partial charge in [-0.15, -0.1) is 0 Å². The predicted octanol–water partition coefficient (Wildman–Crippen LogP) is 2.82. The second kappa shape index (κ2) is 6.16. The minimum absolute atomic E-state index is 0.716. The smallest absolute Gasteiger partial charge is 0.0234 e. The highest BCUT2D eigenvalue weighted by molar-refractivity contribution is 14.1. The highest BCUT2D eigenvalue weighted by Crippen LogP contribution is 2.16. The second-order valence-electron chi connectivity index (χ2n) is 5.10. The summed E-state index contributed by atoms with van der Waals surface area (Å²) < 4.78 is 1.31. The van der Waals surface area contributed by atoms with Crippen molar-refractivity contribution in [3.63, 3.8) is 0 Å². The van der Waals surface area contributed by atoms with E-state index in [1.165, 1.54) is 35.1 Å². The third kappa shape index (κ3) is 3.93. The van der Waals surface area contributed by atoms with Crippen molar-refractivity contribution in [3.8, 4) is 0 Å². The SMILES string of the molecule is CN1CCCC(N(C)Cc2ccc(I)cc2)C1. The Bertz CT molecular complexity index is 350. The summed E-state index contributed by atoms with van der Waals surface area (Å²) in [4.78, 5) is 4.94. The monoisotopic (exact) mass is 344 g/mol. The van der Waals surface area contributed by atoms with Crippen LogP contribution in [0.1, 0.15) is 18.4 Å². The van der Waals surface area contributed by atoms with Crippen LogP contribution in [0, 0.1) is 3.57 Å². The zero-order valence-electron chi connectivity index (χ0n) is 10.7. The molecule has 0 saturated carbocycles. The molecule has 1 aromatic rings. The van der Waals surface area contributed by atoms with Crippen LogP contribution in [0.4, 0.5) is 0 Å². The van der Waals surface area contributed by atoms with Gasteiger partial charge in [0.2, 0.25) is 0 Å². The first-order valence-corrected chi connectivity index (χ1v) is 7.36. The van der Waals surface area contributed by atoms with Gasteiger partial charge in [-0.2, -0.15) is 0 Å². The summed E-state index contributed by atoms with van der Waals surface area (Å²) >= 11 is 2.36. The molecule has 1 fully saturated rings. The number of halogens is 1. The Kier molecular flexibility index (Phi) is 4.82. The Morgan fingerprint density at radius 2 is 2.06 bits per heavy atom. The van der Waals surface area contributed by atoms with E-state index in [2.05, 4.69) is 70.8 Å². The van der Waals surface area contributed by atoms with Crippen LogP contribution < -0.4 is 0 Å². The molecule has 2 nitrogen and oxygen atoms in total. The Morgan fingerprint density at radius 3 is 2.71 bits per heavy atom. The van der Waals surface area contributed by atoms with Gasteiger partial charge in [-0.05, 0) is 73.8 Å². The summed E-state index contributed by atoms with van der Waals surface area (Å²) in [5.41, 5.74) is 1.42. The van der Waals surface area contributed by atoms with Crippen molar-refractivity contribution in [3.05, 3.63) is 33.4 Å². The van der Waals surface area contributed by atoms with E-state index in [4.69, 9.17) is 0 Å². The summed E-state index contributed by atoms with van der Waals surface area (Å²) in [6, 6.07) is 9.58. The molecule has 1 saturated heterocycles. The van der Waals surface area contributed by atoms with Gasteiger partial charge in [0.1, 0.15) is 0 Å². The lowest BCUT2D eigenvalue weighted by Crippen LogP contribution is -2.44. The third-order valence-electron chi connectivity index (χ3n) is 3.57. The first-order chi connectivity index (χ1) is 8.15. The molecule has 0 aliphatic carbocycles. The van der Waals surface area contributed by atoms with Crippen molar-refractivity contribution in [2.24, 2.45) is 0 Å². The summed E-state index contributed by atoms with van der Waals surface area (Å²) in [5, 5.41) is 0. The van der Waals surface area contributed by atoms with E-state index in [-0.39, 0.29) is 0 Å². The molecule has 17 heavy (non-hydrogen) atoms. The third-order valence-corrected chi connectivity index (χ3v) is 4.29. The molecule has 0 spiro atoms. The Labute approximate surface area is 118 Å². The van der Waals surface area contributed by atoms with E-state index in [0.717, 1.165) is 6.54 Å². The fourth-order valence-corrected chi connectivity index (χ4v) is 2.87. The number of likely N-dealkylation sites (N-methyl/N-ethyl adjacent to an activating group) is 2. The van der Waals surface area contributed by atoms with E-state index >= 15 is 0 Å². The Morgan fingerprint density at radius 1 is 1.35 bits per heavy atom. The van der Waals surface area contributed by atoms with Gasteiger partial charge in [0, 0.05) is 22.7 Å². The van der Waals surface area contributed by atoms with Crippen LogP contribution in [-0.2, 0) is 6.54 Å². The lowest BCUT2D eigenvalue weighted by Gasteiger charge is -2.35. The first-order valence-electron chi connectivity index (χ1n) is 6.28. The molecular formula is C14H21IN2. The molecule has 1 unspecified atom stereocenters. The summed E-state index contributed by atoms with van der Waals surface area (Å²) in [6.45, 7) is 3.53. The zero-order chi connectivity index (χ0) is 12.3. The van der Waals surface area contributed by atoms with Gasteiger partial charge in [-0.3, -0.25) is 4.90 Å². The molecule has 0 bridgehead atoms. The lowest BCUT2D eigenvalue weighted by molar-refractivity contribution is 0.129. The van der Waals surface area contributed by atoms with Gasteiger partial charge in [0.25, 0.3) is 0 Å². The number of likely N-dealkylation sites (tertiary alicyclic amines) is 1. The summed E-state index contributed by atoms with van der Waals surface area (Å²) in [5.74, 6) is 0. The molecule has 3 heteroatoms. The van der Waals surface area contributed by atoms with Crippen molar-refractivity contribution < 1.29 is 0 Å². The standard InChI is InChI=1S/C14H21IN2/c1-16-9-3-4-14(11-16)17(2)10-12-5-7-13(15)8-6-12/h5-8,14H,3-4,9-11H2,1-2H3. The van der Waals surface area contributed by atoms with E-state index in [1.807, 2.05) is 0 Å². The Hall–Kier alpha value is -0.130. The first kappa shape index (κ1) is 13.3. The molecule has 1 aliphatic heterocycles. The van der Waals surface area contributed by atoms with Crippen LogP contribution in [0.15, 0.2) is 24.3 Å². The second-order valence-corrected chi connectivity index (χ2v) is 6.35. The van der Waals surface area contributed by atoms with Crippen molar-refractivity contribution in [1.82, 2.24) is 9.80 Å². The number of hydrogen-bond donors (Lipinski definition) is 0. The largest absolute Gasteiger partial charge is 0.305 e. The predicted molar refractivity (Wildman–Crippen MR) is 81.1 cm³/mol. The van der Waals surface area contributed by atoms with Crippen LogP contribution >= 0.6 is 22.6 Å². The van der Waals surface area contributed by atoms with E-state index in [0.29, 0.717) is 6.04 Å². The van der Waals surface area contributed by atoms with Crippen LogP contribution in [-0.4, -0.2) is 43.0 Å². The zero-order valence-corrected chi connectivity index (χ0v) is 12.9. The molecule has 1 heterocycles. The average molecular weight is 344 g/mol. The van der Waals surface area contributed by atoms with Crippen molar-refractivity contribution >= 4 is 22.6 Å². The summed E-state index contributed by atoms with van der Waals surface area (Å²) in [7, 11) is 4.48. The molecule has 0 N–H and O–H groups in total. The average Bonchev–Trinajstić information content (AvgIpc) is 2.32. The molecule has 1 aromatic carbocycles. The topological polar surface area (TPSA) is 6.48 Å². The molecule has 1 atom stereocenters. The molecule has 94 valence electrons. The minimum Gasteiger partial charge on any atom is -0.305 e. The molecule has 0 radical (unpaired) electrons. The van der Waals surface area contributed by atoms with Gasteiger partial charge < -0.3 is 4.90 Å². The van der Waals surface area contributed by atoms with Crippen molar-refractivity contribution in [1.29, 1.82) is 0 Å². The molecule has 0 amide bonds. The maximum atomic E-state index is 2.50. The fraction of sp³-hybridized carbons (Fsp3) is 0.571. The van der Waals surface area contributed by atoms with Gasteiger partial charge in [0.05, 0.1) is 0 Å². The van der Waals surface area contributed by atoms with E-state index < -0.39 is 0 Å². The molecule has 2 rings (SSSR count). The van der Waals surface area contributed by atoms with Gasteiger partial charge in [0.15, 0.2) is 0 Å². The quantitative estimate of drug-likeness (QED) is 0.778. The van der Waals surface area contributed by atoms with Crippen LogP contribution in [0.3, 0.4) is 0 Å². The molecular weight excluding hydrogens is 323 g/mol. The van der Waals surface area contributed by atoms with Crippen molar-refractivity contribution in [2.45, 2.75) is 25.4 Å². The maximum Gasteiger partial charge on any atom is 0.0234 e.